The Morgan fingerprint density at radius 1 is 0.395 bits per heavy atom. The van der Waals surface area contributed by atoms with Crippen molar-refractivity contribution in [1.82, 2.24) is 0 Å². The summed E-state index contributed by atoms with van der Waals surface area (Å²) in [5, 5.41) is 11.8. The van der Waals surface area contributed by atoms with Crippen LogP contribution in [0, 0.1) is 0 Å². The summed E-state index contributed by atoms with van der Waals surface area (Å²) in [5.74, 6) is -2.28. The van der Waals surface area contributed by atoms with Crippen LogP contribution in [-0.4, -0.2) is 82.3 Å². The number of carbonyl (C=O) groups is 3. The van der Waals surface area contributed by atoms with Gasteiger partial charge in [0, 0.05) is 12.8 Å². The van der Waals surface area contributed by atoms with Crippen LogP contribution in [-0.2, 0) is 33.3 Å². The molecule has 0 aromatic heterocycles. The number of nitrogens with zero attached hydrogens (tertiary/aromatic N) is 1. The molecule has 9 nitrogen and oxygen atoms in total. The summed E-state index contributed by atoms with van der Waals surface area (Å²) in [6.45, 7) is 4.75. The van der Waals surface area contributed by atoms with E-state index in [1.165, 1.54) is 212 Å². The van der Waals surface area contributed by atoms with E-state index in [2.05, 4.69) is 50.3 Å². The predicted molar refractivity (Wildman–Crippen MR) is 320 cm³/mol. The third-order valence-electron chi connectivity index (χ3n) is 14.6. The maximum Gasteiger partial charge on any atom is 0.306 e. The van der Waals surface area contributed by atoms with E-state index in [-0.39, 0.29) is 32.2 Å². The van der Waals surface area contributed by atoms with Crippen LogP contribution in [0.1, 0.15) is 316 Å². The number of carboxylic acid groups (broad SMARTS) is 1. The molecule has 446 valence electrons. The number of hydrogen-bond donors (Lipinski definition) is 0. The van der Waals surface area contributed by atoms with Gasteiger partial charge < -0.3 is 33.3 Å². The van der Waals surface area contributed by atoms with Crippen LogP contribution in [0.15, 0.2) is 36.5 Å². The van der Waals surface area contributed by atoms with Gasteiger partial charge in [-0.2, -0.15) is 0 Å². The molecule has 0 aliphatic carbocycles. The van der Waals surface area contributed by atoms with E-state index in [1.807, 2.05) is 21.1 Å². The zero-order valence-electron chi connectivity index (χ0n) is 50.9. The maximum atomic E-state index is 12.9. The Labute approximate surface area is 470 Å². The molecule has 0 saturated carbocycles. The van der Waals surface area contributed by atoms with Crippen LogP contribution in [0.5, 0.6) is 0 Å². The molecule has 0 bridgehead atoms. The number of likely N-dealkylation sites (N-methyl/N-ethyl adjacent to an activating group) is 1. The van der Waals surface area contributed by atoms with Gasteiger partial charge in [-0.1, -0.05) is 288 Å². The van der Waals surface area contributed by atoms with Crippen LogP contribution in [0.3, 0.4) is 0 Å². The molecule has 2 unspecified atom stereocenters. The number of esters is 2. The lowest BCUT2D eigenvalue weighted by atomic mass is 10.0. The topological polar surface area (TPSA) is 111 Å². The zero-order chi connectivity index (χ0) is 55.5. The molecular weight excluding hydrogens is 947 g/mol. The van der Waals surface area contributed by atoms with Crippen molar-refractivity contribution in [2.24, 2.45) is 0 Å². The van der Waals surface area contributed by atoms with Crippen molar-refractivity contribution in [3.05, 3.63) is 36.5 Å². The number of unbranched alkanes of at least 4 members (excludes halogenated alkanes) is 40. The van der Waals surface area contributed by atoms with Gasteiger partial charge in [0.15, 0.2) is 12.4 Å². The number of carbonyl (C=O) groups excluding carboxylic acids is 3. The van der Waals surface area contributed by atoms with Crippen molar-refractivity contribution in [1.29, 1.82) is 0 Å². The highest BCUT2D eigenvalue weighted by atomic mass is 16.7. The average Bonchev–Trinajstić information content (AvgIpc) is 3.39. The first kappa shape index (κ1) is 73.5. The first-order valence-corrected chi connectivity index (χ1v) is 32.6. The molecular formula is C67H125NO8. The summed E-state index contributed by atoms with van der Waals surface area (Å²) in [7, 11) is 5.93. The van der Waals surface area contributed by atoms with Crippen LogP contribution in [0.25, 0.3) is 0 Å². The van der Waals surface area contributed by atoms with Gasteiger partial charge in [-0.25, -0.2) is 0 Å². The number of aliphatic carboxylic acids is 1. The van der Waals surface area contributed by atoms with Crippen molar-refractivity contribution in [3.63, 3.8) is 0 Å². The molecule has 0 aromatic carbocycles. The lowest BCUT2D eigenvalue weighted by molar-refractivity contribution is -0.870. The minimum atomic E-state index is -1.62. The van der Waals surface area contributed by atoms with Gasteiger partial charge in [0.2, 0.25) is 0 Å². The molecule has 0 radical (unpaired) electrons. The third-order valence-corrected chi connectivity index (χ3v) is 14.6. The Balaban J connectivity index is 4.07. The molecule has 0 amide bonds. The maximum absolute atomic E-state index is 12.9. The van der Waals surface area contributed by atoms with Gasteiger partial charge in [-0.3, -0.25) is 9.59 Å². The summed E-state index contributed by atoms with van der Waals surface area (Å²) in [5.41, 5.74) is 0. The van der Waals surface area contributed by atoms with Gasteiger partial charge in [0.1, 0.15) is 13.2 Å². The van der Waals surface area contributed by atoms with E-state index in [4.69, 9.17) is 18.9 Å². The molecule has 0 aliphatic heterocycles. The Morgan fingerprint density at radius 3 is 1.08 bits per heavy atom. The fourth-order valence-corrected chi connectivity index (χ4v) is 9.61. The smallest absolute Gasteiger partial charge is 0.306 e. The van der Waals surface area contributed by atoms with Gasteiger partial charge in [-0.05, 0) is 51.4 Å². The molecule has 0 saturated heterocycles. The number of quaternary nitrogens is 1. The van der Waals surface area contributed by atoms with E-state index in [1.54, 1.807) is 0 Å². The first-order valence-electron chi connectivity index (χ1n) is 32.6. The summed E-state index contributed by atoms with van der Waals surface area (Å²) in [4.78, 5) is 37.4. The lowest BCUT2D eigenvalue weighted by Gasteiger charge is -2.26. The van der Waals surface area contributed by atoms with E-state index in [0.717, 1.165) is 70.6 Å². The molecule has 2 atom stereocenters. The number of rotatable bonds is 61. The summed E-state index contributed by atoms with van der Waals surface area (Å²) < 4.78 is 22.7. The van der Waals surface area contributed by atoms with E-state index in [9.17, 15) is 19.5 Å². The minimum Gasteiger partial charge on any atom is -0.545 e. The second-order valence-corrected chi connectivity index (χ2v) is 23.4. The molecule has 0 aromatic rings. The summed E-state index contributed by atoms with van der Waals surface area (Å²) >= 11 is 0. The highest BCUT2D eigenvalue weighted by molar-refractivity contribution is 5.70. The second-order valence-electron chi connectivity index (χ2n) is 23.4. The first-order chi connectivity index (χ1) is 37.1. The SMILES string of the molecule is CCCCC/C=C\C/C=C\C/C=C\CCCCCCCCC(=O)OC(COC(=O)CCCCCCCCCCCCCCCCCCCCCCCCCCCCCCCCCC)COC(OCC[N+](C)(C)C)C(=O)[O-]. The second kappa shape index (κ2) is 58.7. The lowest BCUT2D eigenvalue weighted by Crippen LogP contribution is -2.44. The Hall–Kier alpha value is -2.49. The van der Waals surface area contributed by atoms with Crippen molar-refractivity contribution < 1.29 is 42.9 Å². The fourth-order valence-electron chi connectivity index (χ4n) is 9.61. The van der Waals surface area contributed by atoms with Crippen molar-refractivity contribution in [3.8, 4) is 0 Å². The normalized spacial score (nSPS) is 12.9. The Morgan fingerprint density at radius 2 is 0.711 bits per heavy atom. The molecule has 0 aliphatic rings. The predicted octanol–water partition coefficient (Wildman–Crippen LogP) is 18.3. The van der Waals surface area contributed by atoms with Crippen LogP contribution in [0.4, 0.5) is 0 Å². The largest absolute Gasteiger partial charge is 0.545 e. The summed E-state index contributed by atoms with van der Waals surface area (Å²) in [6, 6.07) is 0. The van der Waals surface area contributed by atoms with E-state index >= 15 is 0 Å². The van der Waals surface area contributed by atoms with E-state index in [0.29, 0.717) is 23.9 Å². The third kappa shape index (κ3) is 59.2. The molecule has 0 fully saturated rings. The molecule has 76 heavy (non-hydrogen) atoms. The Bertz CT molecular complexity index is 1340. The number of allylic oxidation sites excluding steroid dienone is 6. The zero-order valence-corrected chi connectivity index (χ0v) is 50.9. The number of hydrogen-bond acceptors (Lipinski definition) is 8. The van der Waals surface area contributed by atoms with E-state index < -0.39 is 24.3 Å². The molecule has 0 rings (SSSR count). The van der Waals surface area contributed by atoms with Crippen molar-refractivity contribution in [2.45, 2.75) is 328 Å². The quantitative estimate of drug-likeness (QED) is 0.0195. The standard InChI is InChI=1S/C67H125NO8/c1-6-8-10-12-14-16-18-20-22-24-26-27-28-29-30-31-32-33-34-35-36-37-38-40-41-43-45-47-49-51-53-55-57-64(69)74-61-63(62-75-67(66(71)72)73-60-59-68(3,4)5)76-65(70)58-56-54-52-50-48-46-44-42-39-25-23-21-19-17-15-13-11-9-7-2/h15,17,21,23,39,42,63,67H,6-14,16,18-20,22,24-38,40-41,43-62H2,1-5H3/b17-15-,23-21-,42-39-. The molecule has 0 spiro atoms. The van der Waals surface area contributed by atoms with Crippen LogP contribution < -0.4 is 5.11 Å². The molecule has 0 N–H and O–H groups in total. The average molecular weight is 1070 g/mol. The highest BCUT2D eigenvalue weighted by Gasteiger charge is 2.22. The number of ether oxygens (including phenoxy) is 4. The van der Waals surface area contributed by atoms with Crippen molar-refractivity contribution in [2.75, 3.05) is 47.5 Å². The highest BCUT2D eigenvalue weighted by Crippen LogP contribution is 2.18. The van der Waals surface area contributed by atoms with Gasteiger partial charge in [-0.15, -0.1) is 0 Å². The van der Waals surface area contributed by atoms with Crippen molar-refractivity contribution >= 4 is 17.9 Å². The molecule has 0 heterocycles. The van der Waals surface area contributed by atoms with Gasteiger partial charge in [0.05, 0.1) is 40.3 Å². The minimum absolute atomic E-state index is 0.146. The van der Waals surface area contributed by atoms with Gasteiger partial charge in [0.25, 0.3) is 0 Å². The van der Waals surface area contributed by atoms with Crippen LogP contribution in [0.2, 0.25) is 0 Å². The summed E-state index contributed by atoms with van der Waals surface area (Å²) in [6.07, 6.45) is 69.4. The fraction of sp³-hybridized carbons (Fsp3) is 0.866. The Kier molecular flexibility index (Phi) is 56.7. The van der Waals surface area contributed by atoms with Crippen LogP contribution >= 0.6 is 0 Å². The monoisotopic (exact) mass is 1070 g/mol. The number of carboxylic acids is 1. The molecule has 9 heteroatoms. The van der Waals surface area contributed by atoms with Gasteiger partial charge >= 0.3 is 11.9 Å².